The lowest BCUT2D eigenvalue weighted by molar-refractivity contribution is -0.125. The Morgan fingerprint density at radius 3 is 2.79 bits per heavy atom. The standard InChI is InChI=1S/C11H16BrNO/c1-7-10(2,6-12)8-3-4-11(7,5-8)9(13)14/h8H,1,3-6H2,2H3,(H2,13,14)/t8-,10?,11-/m0/s1. The Bertz CT molecular complexity index is 314. The van der Waals surface area contributed by atoms with Gasteiger partial charge in [0.05, 0.1) is 5.41 Å². The van der Waals surface area contributed by atoms with Crippen LogP contribution < -0.4 is 5.73 Å². The number of hydrogen-bond donors (Lipinski definition) is 1. The Kier molecular flexibility index (Phi) is 2.08. The first kappa shape index (κ1) is 10.2. The van der Waals surface area contributed by atoms with Gasteiger partial charge >= 0.3 is 0 Å². The zero-order valence-electron chi connectivity index (χ0n) is 8.48. The van der Waals surface area contributed by atoms with Crippen LogP contribution in [0.2, 0.25) is 0 Å². The second-order valence-electron chi connectivity index (χ2n) is 4.92. The van der Waals surface area contributed by atoms with Crippen molar-refractivity contribution in [1.29, 1.82) is 0 Å². The molecule has 78 valence electrons. The topological polar surface area (TPSA) is 43.1 Å². The van der Waals surface area contributed by atoms with Crippen LogP contribution in [0.5, 0.6) is 0 Å². The van der Waals surface area contributed by atoms with Crippen molar-refractivity contribution in [1.82, 2.24) is 0 Å². The monoisotopic (exact) mass is 257 g/mol. The first-order valence-electron chi connectivity index (χ1n) is 5.03. The maximum absolute atomic E-state index is 11.5. The number of halogens is 1. The molecule has 1 unspecified atom stereocenters. The molecule has 0 aromatic heterocycles. The van der Waals surface area contributed by atoms with Crippen LogP contribution in [0.1, 0.15) is 26.2 Å². The fourth-order valence-electron chi connectivity index (χ4n) is 3.22. The van der Waals surface area contributed by atoms with E-state index in [-0.39, 0.29) is 16.7 Å². The summed E-state index contributed by atoms with van der Waals surface area (Å²) in [6, 6.07) is 0. The van der Waals surface area contributed by atoms with Crippen molar-refractivity contribution in [2.24, 2.45) is 22.5 Å². The fourth-order valence-corrected chi connectivity index (χ4v) is 4.01. The average Bonchev–Trinajstić information content (AvgIpc) is 2.67. The summed E-state index contributed by atoms with van der Waals surface area (Å²) in [5.74, 6) is 0.413. The summed E-state index contributed by atoms with van der Waals surface area (Å²) < 4.78 is 0. The minimum absolute atomic E-state index is 0.0767. The second kappa shape index (κ2) is 2.84. The lowest BCUT2D eigenvalue weighted by Gasteiger charge is -2.37. The van der Waals surface area contributed by atoms with Crippen LogP contribution in [0.25, 0.3) is 0 Å². The number of rotatable bonds is 2. The quantitative estimate of drug-likeness (QED) is 0.599. The van der Waals surface area contributed by atoms with E-state index in [0.717, 1.165) is 30.2 Å². The van der Waals surface area contributed by atoms with Crippen LogP contribution in [-0.2, 0) is 4.79 Å². The summed E-state index contributed by atoms with van der Waals surface area (Å²) in [6.45, 7) is 6.32. The molecule has 0 radical (unpaired) electrons. The zero-order valence-corrected chi connectivity index (χ0v) is 10.1. The molecule has 2 rings (SSSR count). The van der Waals surface area contributed by atoms with Crippen LogP contribution >= 0.6 is 15.9 Å². The van der Waals surface area contributed by atoms with Gasteiger partial charge in [-0.05, 0) is 25.2 Å². The molecule has 3 atom stereocenters. The van der Waals surface area contributed by atoms with E-state index in [2.05, 4.69) is 29.4 Å². The van der Waals surface area contributed by atoms with Crippen LogP contribution in [0, 0.1) is 16.7 Å². The summed E-state index contributed by atoms with van der Waals surface area (Å²) in [5, 5.41) is 0.887. The third-order valence-corrected chi connectivity index (χ3v) is 5.60. The van der Waals surface area contributed by atoms with Crippen molar-refractivity contribution in [2.45, 2.75) is 26.2 Å². The Labute approximate surface area is 93.1 Å². The largest absolute Gasteiger partial charge is 0.369 e. The van der Waals surface area contributed by atoms with Gasteiger partial charge in [-0.1, -0.05) is 35.0 Å². The van der Waals surface area contributed by atoms with Gasteiger partial charge in [-0.2, -0.15) is 0 Å². The molecule has 2 saturated carbocycles. The maximum atomic E-state index is 11.5. The molecular weight excluding hydrogens is 242 g/mol. The van der Waals surface area contributed by atoms with E-state index in [1.807, 2.05) is 0 Å². The van der Waals surface area contributed by atoms with Gasteiger partial charge in [0.1, 0.15) is 0 Å². The molecule has 0 saturated heterocycles. The van der Waals surface area contributed by atoms with Crippen molar-refractivity contribution in [3.05, 3.63) is 12.2 Å². The molecule has 0 spiro atoms. The number of fused-ring (bicyclic) bond motifs is 2. The lowest BCUT2D eigenvalue weighted by atomic mass is 9.68. The van der Waals surface area contributed by atoms with Gasteiger partial charge in [0.15, 0.2) is 0 Å². The molecule has 0 aromatic rings. The van der Waals surface area contributed by atoms with Gasteiger partial charge < -0.3 is 5.73 Å². The highest BCUT2D eigenvalue weighted by Gasteiger charge is 2.61. The normalized spacial score (nSPS) is 45.9. The summed E-state index contributed by atoms with van der Waals surface area (Å²) in [7, 11) is 0. The molecule has 2 aliphatic rings. The number of hydrogen-bond acceptors (Lipinski definition) is 1. The summed E-state index contributed by atoms with van der Waals surface area (Å²) in [5.41, 5.74) is 6.28. The zero-order chi connectivity index (χ0) is 10.6. The van der Waals surface area contributed by atoms with Crippen molar-refractivity contribution in [3.8, 4) is 0 Å². The first-order valence-corrected chi connectivity index (χ1v) is 6.15. The predicted molar refractivity (Wildman–Crippen MR) is 60.0 cm³/mol. The van der Waals surface area contributed by atoms with E-state index < -0.39 is 0 Å². The van der Waals surface area contributed by atoms with E-state index in [1.54, 1.807) is 0 Å². The van der Waals surface area contributed by atoms with E-state index >= 15 is 0 Å². The number of nitrogens with two attached hydrogens (primary N) is 1. The molecule has 0 aromatic carbocycles. The number of carbonyl (C=O) groups is 1. The summed E-state index contributed by atoms with van der Waals surface area (Å²) >= 11 is 3.53. The number of carbonyl (C=O) groups excluding carboxylic acids is 1. The van der Waals surface area contributed by atoms with Crippen LogP contribution in [-0.4, -0.2) is 11.2 Å². The lowest BCUT2D eigenvalue weighted by Crippen LogP contribution is -2.39. The fraction of sp³-hybridized carbons (Fsp3) is 0.727. The molecular formula is C11H16BrNO. The summed E-state index contributed by atoms with van der Waals surface area (Å²) in [4.78, 5) is 11.5. The van der Waals surface area contributed by atoms with E-state index in [4.69, 9.17) is 5.73 Å². The van der Waals surface area contributed by atoms with Gasteiger partial charge in [-0.3, -0.25) is 4.79 Å². The molecule has 2 bridgehead atoms. The van der Waals surface area contributed by atoms with Crippen molar-refractivity contribution in [3.63, 3.8) is 0 Å². The molecule has 0 aliphatic heterocycles. The molecule has 0 heterocycles. The SMILES string of the molecule is C=C1C(C)(CBr)[C@H]2CC[C@]1(C(N)=O)C2. The Morgan fingerprint density at radius 2 is 2.43 bits per heavy atom. The Hall–Kier alpha value is -0.310. The van der Waals surface area contributed by atoms with E-state index in [9.17, 15) is 4.79 Å². The van der Waals surface area contributed by atoms with Crippen molar-refractivity contribution in [2.75, 3.05) is 5.33 Å². The minimum Gasteiger partial charge on any atom is -0.369 e. The molecule has 2 N–H and O–H groups in total. The van der Waals surface area contributed by atoms with Gasteiger partial charge in [-0.25, -0.2) is 0 Å². The number of alkyl halides is 1. The average molecular weight is 258 g/mol. The van der Waals surface area contributed by atoms with Gasteiger partial charge in [0.25, 0.3) is 0 Å². The molecule has 2 nitrogen and oxygen atoms in total. The first-order chi connectivity index (χ1) is 6.47. The van der Waals surface area contributed by atoms with Gasteiger partial charge in [0, 0.05) is 10.7 Å². The summed E-state index contributed by atoms with van der Waals surface area (Å²) in [6.07, 6.45) is 2.95. The molecule has 14 heavy (non-hydrogen) atoms. The minimum atomic E-state index is -0.382. The number of primary amides is 1. The van der Waals surface area contributed by atoms with Crippen molar-refractivity contribution >= 4 is 21.8 Å². The molecule has 2 fully saturated rings. The van der Waals surface area contributed by atoms with Crippen LogP contribution in [0.15, 0.2) is 12.2 Å². The Balaban J connectivity index is 2.44. The highest BCUT2D eigenvalue weighted by Crippen LogP contribution is 2.65. The third kappa shape index (κ3) is 0.940. The highest BCUT2D eigenvalue weighted by atomic mass is 79.9. The molecule has 1 amide bonds. The third-order valence-electron chi connectivity index (χ3n) is 4.43. The predicted octanol–water partition coefficient (Wildman–Crippen LogP) is 2.23. The van der Waals surface area contributed by atoms with Crippen molar-refractivity contribution < 1.29 is 4.79 Å². The molecule has 3 heteroatoms. The van der Waals surface area contributed by atoms with Crippen LogP contribution in [0.3, 0.4) is 0 Å². The highest BCUT2D eigenvalue weighted by molar-refractivity contribution is 9.09. The number of amides is 1. The van der Waals surface area contributed by atoms with Gasteiger partial charge in [0.2, 0.25) is 5.91 Å². The van der Waals surface area contributed by atoms with Gasteiger partial charge in [-0.15, -0.1) is 0 Å². The smallest absolute Gasteiger partial charge is 0.227 e. The maximum Gasteiger partial charge on any atom is 0.227 e. The van der Waals surface area contributed by atoms with E-state index in [0.29, 0.717) is 5.92 Å². The van der Waals surface area contributed by atoms with E-state index in [1.165, 1.54) is 0 Å². The van der Waals surface area contributed by atoms with Crippen LogP contribution in [0.4, 0.5) is 0 Å². The Morgan fingerprint density at radius 1 is 1.79 bits per heavy atom. The molecule has 2 aliphatic carbocycles. The second-order valence-corrected chi connectivity index (χ2v) is 5.48.